The monoisotopic (exact) mass is 221 g/mol. The Morgan fingerprint density at radius 1 is 1.50 bits per heavy atom. The van der Waals surface area contributed by atoms with Crippen LogP contribution in [0.2, 0.25) is 0 Å². The topological polar surface area (TPSA) is 79.5 Å². The van der Waals surface area contributed by atoms with Crippen molar-refractivity contribution >= 4 is 5.97 Å². The van der Waals surface area contributed by atoms with Crippen molar-refractivity contribution in [2.45, 2.75) is 6.42 Å². The van der Waals surface area contributed by atoms with Crippen LogP contribution >= 0.6 is 0 Å². The third kappa shape index (κ3) is 3.17. The van der Waals surface area contributed by atoms with Gasteiger partial charge in [0.1, 0.15) is 0 Å². The predicted molar refractivity (Wildman–Crippen MR) is 55.5 cm³/mol. The van der Waals surface area contributed by atoms with E-state index in [2.05, 4.69) is 0 Å². The molecule has 1 aromatic carbocycles. The van der Waals surface area contributed by atoms with Crippen LogP contribution in [0, 0.1) is 11.3 Å². The summed E-state index contributed by atoms with van der Waals surface area (Å²) in [5.41, 5.74) is 0.461. The molecule has 0 aromatic heterocycles. The number of nitrogens with zero attached hydrogens (tertiary/aromatic N) is 1. The van der Waals surface area contributed by atoms with Crippen molar-refractivity contribution in [3.63, 3.8) is 0 Å². The Balaban J connectivity index is 2.72. The number of carboxylic acids is 1. The molecule has 5 heteroatoms. The average Bonchev–Trinajstić information content (AvgIpc) is 2.29. The Hall–Kier alpha value is -2.22. The van der Waals surface area contributed by atoms with Crippen LogP contribution in [-0.4, -0.2) is 24.8 Å². The first-order valence-corrected chi connectivity index (χ1v) is 4.60. The highest BCUT2D eigenvalue weighted by Gasteiger charge is 2.06. The van der Waals surface area contributed by atoms with Crippen LogP contribution < -0.4 is 9.47 Å². The molecular formula is C11H11NO4. The van der Waals surface area contributed by atoms with Crippen molar-refractivity contribution in [3.8, 4) is 17.6 Å². The summed E-state index contributed by atoms with van der Waals surface area (Å²) in [7, 11) is 1.46. The number of nitriles is 1. The van der Waals surface area contributed by atoms with Crippen LogP contribution in [0.15, 0.2) is 18.2 Å². The normalized spacial score (nSPS) is 9.25. The summed E-state index contributed by atoms with van der Waals surface area (Å²) >= 11 is 0. The number of hydrogen-bond donors (Lipinski definition) is 1. The summed E-state index contributed by atoms with van der Waals surface area (Å²) in [5.74, 6) is -0.0696. The highest BCUT2D eigenvalue weighted by atomic mass is 16.5. The van der Waals surface area contributed by atoms with Gasteiger partial charge in [0.15, 0.2) is 11.5 Å². The summed E-state index contributed by atoms with van der Waals surface area (Å²) in [4.78, 5) is 10.3. The molecule has 0 spiro atoms. The molecule has 16 heavy (non-hydrogen) atoms. The summed E-state index contributed by atoms with van der Waals surface area (Å²) in [6.07, 6.45) is -0.0802. The quantitative estimate of drug-likeness (QED) is 0.813. The van der Waals surface area contributed by atoms with E-state index in [1.54, 1.807) is 12.1 Å². The Kier molecular flexibility index (Phi) is 4.16. The van der Waals surface area contributed by atoms with E-state index in [1.165, 1.54) is 13.2 Å². The van der Waals surface area contributed by atoms with Crippen molar-refractivity contribution in [1.82, 2.24) is 0 Å². The van der Waals surface area contributed by atoms with E-state index >= 15 is 0 Å². The maximum Gasteiger partial charge on any atom is 0.306 e. The number of carbonyl (C=O) groups is 1. The first-order chi connectivity index (χ1) is 7.67. The smallest absolute Gasteiger partial charge is 0.306 e. The van der Waals surface area contributed by atoms with Crippen LogP contribution in [0.5, 0.6) is 11.5 Å². The van der Waals surface area contributed by atoms with Crippen molar-refractivity contribution in [3.05, 3.63) is 23.8 Å². The molecule has 0 atom stereocenters. The summed E-state index contributed by atoms with van der Waals surface area (Å²) in [6.45, 7) is 0.0671. The molecule has 1 aromatic rings. The summed E-state index contributed by atoms with van der Waals surface area (Å²) < 4.78 is 10.2. The Morgan fingerprint density at radius 3 is 2.81 bits per heavy atom. The van der Waals surface area contributed by atoms with Crippen LogP contribution in [0.1, 0.15) is 12.0 Å². The zero-order valence-corrected chi connectivity index (χ0v) is 8.77. The molecule has 0 saturated carbocycles. The number of carboxylic acid groups (broad SMARTS) is 1. The van der Waals surface area contributed by atoms with Gasteiger partial charge in [-0.2, -0.15) is 5.26 Å². The van der Waals surface area contributed by atoms with E-state index in [0.717, 1.165) is 0 Å². The van der Waals surface area contributed by atoms with E-state index in [1.807, 2.05) is 6.07 Å². The first-order valence-electron chi connectivity index (χ1n) is 4.60. The van der Waals surface area contributed by atoms with Gasteiger partial charge in [0.2, 0.25) is 0 Å². The molecule has 0 unspecified atom stereocenters. The summed E-state index contributed by atoms with van der Waals surface area (Å²) in [6, 6.07) is 6.68. The van der Waals surface area contributed by atoms with Gasteiger partial charge in [0.25, 0.3) is 0 Å². The van der Waals surface area contributed by atoms with Gasteiger partial charge < -0.3 is 14.6 Å². The molecule has 0 fully saturated rings. The van der Waals surface area contributed by atoms with Gasteiger partial charge in [-0.3, -0.25) is 4.79 Å². The molecule has 84 valence electrons. The molecular weight excluding hydrogens is 210 g/mol. The minimum atomic E-state index is -0.924. The van der Waals surface area contributed by atoms with Gasteiger partial charge in [-0.1, -0.05) is 0 Å². The van der Waals surface area contributed by atoms with Crippen molar-refractivity contribution in [2.75, 3.05) is 13.7 Å². The Morgan fingerprint density at radius 2 is 2.25 bits per heavy atom. The zero-order valence-electron chi connectivity index (χ0n) is 8.77. The second kappa shape index (κ2) is 5.61. The highest BCUT2D eigenvalue weighted by molar-refractivity contribution is 5.66. The standard InChI is InChI=1S/C11H11NO4/c1-15-10-6-8(7-12)2-3-9(10)16-5-4-11(13)14/h2-3,6H,4-5H2,1H3,(H,13,14). The lowest BCUT2D eigenvalue weighted by Gasteiger charge is -2.09. The maximum absolute atomic E-state index is 10.3. The van der Waals surface area contributed by atoms with Crippen LogP contribution in [0.3, 0.4) is 0 Å². The molecule has 0 saturated heterocycles. The van der Waals surface area contributed by atoms with Crippen LogP contribution in [0.25, 0.3) is 0 Å². The van der Waals surface area contributed by atoms with Crippen molar-refractivity contribution in [1.29, 1.82) is 5.26 Å². The number of aliphatic carboxylic acids is 1. The van der Waals surface area contributed by atoms with Gasteiger partial charge in [-0.25, -0.2) is 0 Å². The lowest BCUT2D eigenvalue weighted by Crippen LogP contribution is -2.05. The molecule has 1 N–H and O–H groups in total. The number of hydrogen-bond acceptors (Lipinski definition) is 4. The highest BCUT2D eigenvalue weighted by Crippen LogP contribution is 2.27. The zero-order chi connectivity index (χ0) is 12.0. The Labute approximate surface area is 92.8 Å². The van der Waals surface area contributed by atoms with Crippen molar-refractivity contribution < 1.29 is 19.4 Å². The van der Waals surface area contributed by atoms with Crippen molar-refractivity contribution in [2.24, 2.45) is 0 Å². The maximum atomic E-state index is 10.3. The SMILES string of the molecule is COc1cc(C#N)ccc1OCCC(=O)O. The Bertz CT molecular complexity index is 422. The summed E-state index contributed by atoms with van der Waals surface area (Å²) in [5, 5.41) is 17.1. The molecule has 5 nitrogen and oxygen atoms in total. The number of ether oxygens (including phenoxy) is 2. The van der Waals surface area contributed by atoms with Gasteiger partial charge in [-0.05, 0) is 12.1 Å². The van der Waals surface area contributed by atoms with E-state index < -0.39 is 5.97 Å². The van der Waals surface area contributed by atoms with Gasteiger partial charge in [0.05, 0.1) is 31.8 Å². The van der Waals surface area contributed by atoms with E-state index in [4.69, 9.17) is 19.8 Å². The first kappa shape index (κ1) is 11.9. The number of benzene rings is 1. The number of rotatable bonds is 5. The van der Waals surface area contributed by atoms with Gasteiger partial charge >= 0.3 is 5.97 Å². The molecule has 1 rings (SSSR count). The minimum Gasteiger partial charge on any atom is -0.493 e. The number of methoxy groups -OCH3 is 1. The fourth-order valence-electron chi connectivity index (χ4n) is 1.10. The molecule has 0 aliphatic carbocycles. The van der Waals surface area contributed by atoms with Gasteiger partial charge in [0, 0.05) is 6.07 Å². The fraction of sp³-hybridized carbons (Fsp3) is 0.273. The lowest BCUT2D eigenvalue weighted by molar-refractivity contribution is -0.137. The lowest BCUT2D eigenvalue weighted by atomic mass is 10.2. The minimum absolute atomic E-state index is 0.0671. The van der Waals surface area contributed by atoms with E-state index in [9.17, 15) is 4.79 Å². The third-order valence-electron chi connectivity index (χ3n) is 1.87. The van der Waals surface area contributed by atoms with E-state index in [-0.39, 0.29) is 13.0 Å². The second-order valence-electron chi connectivity index (χ2n) is 2.97. The van der Waals surface area contributed by atoms with E-state index in [0.29, 0.717) is 17.1 Å². The third-order valence-corrected chi connectivity index (χ3v) is 1.87. The second-order valence-corrected chi connectivity index (χ2v) is 2.97. The average molecular weight is 221 g/mol. The molecule has 0 aliphatic heterocycles. The largest absolute Gasteiger partial charge is 0.493 e. The van der Waals surface area contributed by atoms with Gasteiger partial charge in [-0.15, -0.1) is 0 Å². The molecule has 0 aliphatic rings. The molecule has 0 amide bonds. The predicted octanol–water partition coefficient (Wildman–Crippen LogP) is 1.42. The van der Waals surface area contributed by atoms with Crippen LogP contribution in [0.4, 0.5) is 0 Å². The molecule has 0 bridgehead atoms. The molecule has 0 radical (unpaired) electrons. The molecule has 0 heterocycles. The fourth-order valence-corrected chi connectivity index (χ4v) is 1.10. The van der Waals surface area contributed by atoms with Crippen LogP contribution in [-0.2, 0) is 4.79 Å².